The van der Waals surface area contributed by atoms with Crippen LogP contribution in [0.15, 0.2) is 48.7 Å². The monoisotopic (exact) mass is 337 g/mol. The van der Waals surface area contributed by atoms with Gasteiger partial charge in [-0.1, -0.05) is 12.1 Å². The molecule has 1 aliphatic heterocycles. The van der Waals surface area contributed by atoms with Gasteiger partial charge in [0, 0.05) is 19.2 Å². The normalized spacial score (nSPS) is 14.0. The Morgan fingerprint density at radius 2 is 1.96 bits per heavy atom. The van der Waals surface area contributed by atoms with Crippen molar-refractivity contribution in [3.63, 3.8) is 0 Å². The first kappa shape index (κ1) is 17.0. The molecule has 1 fully saturated rings. The zero-order valence-electron chi connectivity index (χ0n) is 14.4. The minimum absolute atomic E-state index is 0.176. The summed E-state index contributed by atoms with van der Waals surface area (Å²) in [6, 6.07) is 11.5. The Bertz CT molecular complexity index is 718. The Kier molecular flexibility index (Phi) is 5.67. The van der Waals surface area contributed by atoms with Gasteiger partial charge in [0.2, 0.25) is 5.91 Å². The van der Waals surface area contributed by atoms with Crippen molar-refractivity contribution in [2.75, 3.05) is 29.9 Å². The van der Waals surface area contributed by atoms with E-state index in [0.29, 0.717) is 12.3 Å². The number of anilines is 2. The molecular formula is C20H23N3O2. The summed E-state index contributed by atoms with van der Waals surface area (Å²) >= 11 is 0. The SMILES string of the molecule is CCOc1ccc(/C=C/C(=O)Nc2ccc(N3CCCC3)nc2)cc1. The van der Waals surface area contributed by atoms with Crippen LogP contribution in [0.1, 0.15) is 25.3 Å². The lowest BCUT2D eigenvalue weighted by Crippen LogP contribution is -2.18. The average Bonchev–Trinajstić information content (AvgIpc) is 3.17. The fraction of sp³-hybridized carbons (Fsp3) is 0.300. The highest BCUT2D eigenvalue weighted by molar-refractivity contribution is 6.01. The molecule has 0 atom stereocenters. The number of nitrogens with zero attached hydrogens (tertiary/aromatic N) is 2. The van der Waals surface area contributed by atoms with E-state index in [9.17, 15) is 4.79 Å². The first-order chi connectivity index (χ1) is 12.2. The Hall–Kier alpha value is -2.82. The maximum atomic E-state index is 12.0. The quantitative estimate of drug-likeness (QED) is 0.816. The van der Waals surface area contributed by atoms with Gasteiger partial charge in [-0.3, -0.25) is 4.79 Å². The smallest absolute Gasteiger partial charge is 0.248 e. The van der Waals surface area contributed by atoms with Crippen molar-refractivity contribution in [2.45, 2.75) is 19.8 Å². The first-order valence-corrected chi connectivity index (χ1v) is 8.67. The van der Waals surface area contributed by atoms with Crippen LogP contribution in [-0.2, 0) is 4.79 Å². The number of amides is 1. The molecule has 1 aliphatic rings. The van der Waals surface area contributed by atoms with E-state index in [2.05, 4.69) is 15.2 Å². The van der Waals surface area contributed by atoms with Gasteiger partial charge < -0.3 is 15.0 Å². The molecule has 0 saturated carbocycles. The van der Waals surface area contributed by atoms with Crippen LogP contribution in [0.4, 0.5) is 11.5 Å². The highest BCUT2D eigenvalue weighted by Crippen LogP contribution is 2.19. The molecule has 3 rings (SSSR count). The van der Waals surface area contributed by atoms with E-state index in [1.54, 1.807) is 12.3 Å². The summed E-state index contributed by atoms with van der Waals surface area (Å²) in [5, 5.41) is 2.83. The molecule has 0 bridgehead atoms. The maximum Gasteiger partial charge on any atom is 0.248 e. The molecule has 1 aromatic carbocycles. The van der Waals surface area contributed by atoms with Crippen molar-refractivity contribution in [3.8, 4) is 5.75 Å². The fourth-order valence-corrected chi connectivity index (χ4v) is 2.79. The number of hydrogen-bond acceptors (Lipinski definition) is 4. The van der Waals surface area contributed by atoms with Gasteiger partial charge in [-0.2, -0.15) is 0 Å². The zero-order chi connectivity index (χ0) is 17.5. The maximum absolute atomic E-state index is 12.0. The van der Waals surface area contributed by atoms with Crippen LogP contribution in [0.3, 0.4) is 0 Å². The van der Waals surface area contributed by atoms with Crippen LogP contribution in [0.2, 0.25) is 0 Å². The van der Waals surface area contributed by atoms with Gasteiger partial charge in [0.15, 0.2) is 0 Å². The third-order valence-corrected chi connectivity index (χ3v) is 4.06. The Morgan fingerprint density at radius 3 is 2.60 bits per heavy atom. The first-order valence-electron chi connectivity index (χ1n) is 8.67. The van der Waals surface area contributed by atoms with E-state index in [4.69, 9.17) is 4.74 Å². The van der Waals surface area contributed by atoms with Crippen LogP contribution in [0.5, 0.6) is 5.75 Å². The second kappa shape index (κ2) is 8.33. The largest absolute Gasteiger partial charge is 0.494 e. The molecule has 1 aromatic heterocycles. The van der Waals surface area contributed by atoms with Gasteiger partial charge in [-0.15, -0.1) is 0 Å². The standard InChI is InChI=1S/C20H23N3O2/c1-2-25-18-9-5-16(6-10-18)7-12-20(24)22-17-8-11-19(21-15-17)23-13-3-4-14-23/h5-12,15H,2-4,13-14H2,1H3,(H,22,24)/b12-7+. The Balaban J connectivity index is 1.54. The number of carbonyl (C=O) groups is 1. The highest BCUT2D eigenvalue weighted by Gasteiger charge is 2.13. The van der Waals surface area contributed by atoms with Crippen LogP contribution in [-0.4, -0.2) is 30.6 Å². The third kappa shape index (κ3) is 4.83. The van der Waals surface area contributed by atoms with Gasteiger partial charge in [0.25, 0.3) is 0 Å². The van der Waals surface area contributed by atoms with Crippen LogP contribution in [0.25, 0.3) is 6.08 Å². The summed E-state index contributed by atoms with van der Waals surface area (Å²) in [6.45, 7) is 4.71. The number of hydrogen-bond donors (Lipinski definition) is 1. The van der Waals surface area contributed by atoms with E-state index in [-0.39, 0.29) is 5.91 Å². The second-order valence-electron chi connectivity index (χ2n) is 5.92. The van der Waals surface area contributed by atoms with Gasteiger partial charge in [0.05, 0.1) is 18.5 Å². The minimum atomic E-state index is -0.176. The summed E-state index contributed by atoms with van der Waals surface area (Å²) in [6.07, 6.45) is 7.43. The zero-order valence-corrected chi connectivity index (χ0v) is 14.4. The van der Waals surface area contributed by atoms with E-state index in [1.807, 2.05) is 43.3 Å². The fourth-order valence-electron chi connectivity index (χ4n) is 2.79. The lowest BCUT2D eigenvalue weighted by atomic mass is 10.2. The number of carbonyl (C=O) groups excluding carboxylic acids is 1. The van der Waals surface area contributed by atoms with Crippen molar-refractivity contribution in [2.24, 2.45) is 0 Å². The molecule has 0 aliphatic carbocycles. The number of benzene rings is 1. The van der Waals surface area contributed by atoms with Crippen LogP contribution in [0, 0.1) is 0 Å². The van der Waals surface area contributed by atoms with Crippen molar-refractivity contribution in [1.82, 2.24) is 4.98 Å². The van der Waals surface area contributed by atoms with E-state index >= 15 is 0 Å². The molecule has 0 unspecified atom stereocenters. The molecule has 0 spiro atoms. The summed E-state index contributed by atoms with van der Waals surface area (Å²) in [5.74, 6) is 1.62. The lowest BCUT2D eigenvalue weighted by Gasteiger charge is -2.16. The molecule has 1 N–H and O–H groups in total. The van der Waals surface area contributed by atoms with Gasteiger partial charge in [0.1, 0.15) is 11.6 Å². The number of aromatic nitrogens is 1. The molecule has 2 heterocycles. The van der Waals surface area contributed by atoms with E-state index in [0.717, 1.165) is 30.2 Å². The number of rotatable bonds is 6. The van der Waals surface area contributed by atoms with Gasteiger partial charge in [-0.25, -0.2) is 4.98 Å². The van der Waals surface area contributed by atoms with Crippen molar-refractivity contribution >= 4 is 23.5 Å². The average molecular weight is 337 g/mol. The highest BCUT2D eigenvalue weighted by atomic mass is 16.5. The topological polar surface area (TPSA) is 54.5 Å². The Labute approximate surface area is 148 Å². The molecule has 1 saturated heterocycles. The van der Waals surface area contributed by atoms with E-state index < -0.39 is 0 Å². The molecule has 1 amide bonds. The second-order valence-corrected chi connectivity index (χ2v) is 5.92. The summed E-state index contributed by atoms with van der Waals surface area (Å²) in [5.41, 5.74) is 1.64. The molecule has 130 valence electrons. The van der Waals surface area contributed by atoms with Gasteiger partial charge >= 0.3 is 0 Å². The summed E-state index contributed by atoms with van der Waals surface area (Å²) < 4.78 is 5.40. The predicted molar refractivity (Wildman–Crippen MR) is 101 cm³/mol. The molecule has 5 heteroatoms. The van der Waals surface area contributed by atoms with E-state index in [1.165, 1.54) is 18.9 Å². The summed E-state index contributed by atoms with van der Waals surface area (Å²) in [4.78, 5) is 18.7. The van der Waals surface area contributed by atoms with Crippen LogP contribution >= 0.6 is 0 Å². The number of pyridine rings is 1. The predicted octanol–water partition coefficient (Wildman–Crippen LogP) is 3.73. The Morgan fingerprint density at radius 1 is 1.20 bits per heavy atom. The number of nitrogens with one attached hydrogen (secondary N) is 1. The van der Waals surface area contributed by atoms with Crippen molar-refractivity contribution in [1.29, 1.82) is 0 Å². The molecule has 2 aromatic rings. The number of ether oxygens (including phenoxy) is 1. The third-order valence-electron chi connectivity index (χ3n) is 4.06. The van der Waals surface area contributed by atoms with Crippen LogP contribution < -0.4 is 15.0 Å². The summed E-state index contributed by atoms with van der Waals surface area (Å²) in [7, 11) is 0. The van der Waals surface area contributed by atoms with Crippen molar-refractivity contribution < 1.29 is 9.53 Å². The molecular weight excluding hydrogens is 314 g/mol. The lowest BCUT2D eigenvalue weighted by molar-refractivity contribution is -0.111. The molecule has 0 radical (unpaired) electrons. The minimum Gasteiger partial charge on any atom is -0.494 e. The molecule has 25 heavy (non-hydrogen) atoms. The van der Waals surface area contributed by atoms with Crippen molar-refractivity contribution in [3.05, 3.63) is 54.2 Å². The van der Waals surface area contributed by atoms with Gasteiger partial charge in [-0.05, 0) is 55.7 Å². The molecule has 5 nitrogen and oxygen atoms in total.